The lowest BCUT2D eigenvalue weighted by Crippen LogP contribution is -2.19. The van der Waals surface area contributed by atoms with Crippen molar-refractivity contribution in [1.29, 1.82) is 0 Å². The van der Waals surface area contributed by atoms with Crippen LogP contribution in [0, 0.1) is 0 Å². The van der Waals surface area contributed by atoms with Crippen LogP contribution in [0.2, 0.25) is 0 Å². The van der Waals surface area contributed by atoms with Gasteiger partial charge >= 0.3 is 5.97 Å². The van der Waals surface area contributed by atoms with Crippen molar-refractivity contribution < 1.29 is 29.0 Å². The summed E-state index contributed by atoms with van der Waals surface area (Å²) in [5.41, 5.74) is 0.889. The number of aliphatic hydroxyl groups is 2. The molecule has 0 saturated heterocycles. The summed E-state index contributed by atoms with van der Waals surface area (Å²) in [6.45, 7) is 1.24. The Morgan fingerprint density at radius 1 is 1.14 bits per heavy atom. The van der Waals surface area contributed by atoms with Crippen molar-refractivity contribution in [2.45, 2.75) is 19.1 Å². The van der Waals surface area contributed by atoms with E-state index in [1.165, 1.54) is 14.0 Å². The second-order valence-electron chi connectivity index (χ2n) is 5.07. The van der Waals surface area contributed by atoms with Crippen LogP contribution in [-0.2, 0) is 4.74 Å². The molecule has 6 nitrogen and oxygen atoms in total. The Kier molecular flexibility index (Phi) is 3.35. The number of ketones is 1. The number of methoxy groups -OCH3 is 1. The molecule has 0 amide bonds. The molecule has 1 aromatic heterocycles. The summed E-state index contributed by atoms with van der Waals surface area (Å²) >= 11 is 0. The molecule has 0 radical (unpaired) electrons. The minimum Gasteiger partial charge on any atom is -0.465 e. The topological polar surface area (TPSA) is 97.0 Å². The van der Waals surface area contributed by atoms with Crippen molar-refractivity contribution in [2.24, 2.45) is 0 Å². The molecule has 2 N–H and O–H groups in total. The van der Waals surface area contributed by atoms with E-state index in [9.17, 15) is 19.8 Å². The monoisotopic (exact) mass is 302 g/mol. The number of carbonyl (C=O) groups excluding carboxylic acids is 2. The van der Waals surface area contributed by atoms with Crippen LogP contribution in [0.5, 0.6) is 0 Å². The fraction of sp³-hybridized carbons (Fsp3) is 0.250. The number of esters is 1. The van der Waals surface area contributed by atoms with E-state index in [1.807, 2.05) is 0 Å². The van der Waals surface area contributed by atoms with Gasteiger partial charge in [-0.15, -0.1) is 0 Å². The number of furan rings is 1. The standard InChI is InChI=1S/C16H14O6/c1-7(17)14-11(16(20)21-2)10-12(18)8-5-3-4-6-9(8)13(19)15(10)22-14/h3-6,12-13,18-19H,1-2H3. The van der Waals surface area contributed by atoms with Crippen LogP contribution in [0.1, 0.15) is 62.5 Å². The lowest BCUT2D eigenvalue weighted by molar-refractivity contribution is 0.0590. The number of aliphatic hydroxyl groups excluding tert-OH is 2. The van der Waals surface area contributed by atoms with Crippen LogP contribution in [0.4, 0.5) is 0 Å². The minimum absolute atomic E-state index is 0.00296. The quantitative estimate of drug-likeness (QED) is 0.648. The Balaban J connectivity index is 2.31. The van der Waals surface area contributed by atoms with Gasteiger partial charge in [-0.25, -0.2) is 4.79 Å². The van der Waals surface area contributed by atoms with Crippen LogP contribution in [0.3, 0.4) is 0 Å². The molecule has 0 fully saturated rings. The summed E-state index contributed by atoms with van der Waals surface area (Å²) in [5.74, 6) is -1.50. The molecule has 0 saturated carbocycles. The van der Waals surface area contributed by atoms with Gasteiger partial charge in [0.15, 0.2) is 11.5 Å². The van der Waals surface area contributed by atoms with Crippen LogP contribution in [-0.4, -0.2) is 29.1 Å². The molecule has 114 valence electrons. The summed E-state index contributed by atoms with van der Waals surface area (Å²) in [5, 5.41) is 21.0. The van der Waals surface area contributed by atoms with Gasteiger partial charge in [-0.2, -0.15) is 0 Å². The van der Waals surface area contributed by atoms with E-state index in [0.29, 0.717) is 11.1 Å². The van der Waals surface area contributed by atoms with Gasteiger partial charge in [-0.1, -0.05) is 24.3 Å². The molecule has 0 spiro atoms. The van der Waals surface area contributed by atoms with Gasteiger partial charge < -0.3 is 19.4 Å². The molecular formula is C16H14O6. The second-order valence-corrected chi connectivity index (χ2v) is 5.07. The van der Waals surface area contributed by atoms with E-state index in [1.54, 1.807) is 24.3 Å². The van der Waals surface area contributed by atoms with Gasteiger partial charge in [0, 0.05) is 12.5 Å². The zero-order chi connectivity index (χ0) is 16.0. The van der Waals surface area contributed by atoms with E-state index in [4.69, 9.17) is 4.42 Å². The maximum Gasteiger partial charge on any atom is 0.342 e. The van der Waals surface area contributed by atoms with Crippen molar-refractivity contribution in [2.75, 3.05) is 7.11 Å². The molecule has 6 heteroatoms. The number of rotatable bonds is 2. The number of hydrogen-bond donors (Lipinski definition) is 2. The largest absolute Gasteiger partial charge is 0.465 e. The van der Waals surface area contributed by atoms with Crippen LogP contribution < -0.4 is 0 Å². The maximum atomic E-state index is 12.0. The van der Waals surface area contributed by atoms with Gasteiger partial charge in [0.2, 0.25) is 0 Å². The first-order valence-electron chi connectivity index (χ1n) is 6.68. The van der Waals surface area contributed by atoms with Crippen molar-refractivity contribution in [3.63, 3.8) is 0 Å². The Morgan fingerprint density at radius 2 is 1.73 bits per heavy atom. The molecule has 0 aliphatic heterocycles. The molecule has 0 bridgehead atoms. The third-order valence-corrected chi connectivity index (χ3v) is 3.79. The summed E-state index contributed by atoms with van der Waals surface area (Å²) in [4.78, 5) is 23.7. The zero-order valence-electron chi connectivity index (χ0n) is 12.0. The molecule has 3 rings (SSSR count). The Hall–Kier alpha value is -2.44. The molecule has 1 aliphatic rings. The lowest BCUT2D eigenvalue weighted by Gasteiger charge is -2.25. The van der Waals surface area contributed by atoms with Gasteiger partial charge in [0.1, 0.15) is 23.5 Å². The Labute approximate surface area is 125 Å². The van der Waals surface area contributed by atoms with Crippen molar-refractivity contribution in [1.82, 2.24) is 0 Å². The normalized spacial score (nSPS) is 19.3. The number of fused-ring (bicyclic) bond motifs is 2. The van der Waals surface area contributed by atoms with E-state index in [0.717, 1.165) is 0 Å². The highest BCUT2D eigenvalue weighted by atomic mass is 16.5. The highest BCUT2D eigenvalue weighted by molar-refractivity contribution is 6.05. The van der Waals surface area contributed by atoms with Crippen molar-refractivity contribution in [3.8, 4) is 0 Å². The van der Waals surface area contributed by atoms with Crippen molar-refractivity contribution in [3.05, 3.63) is 58.0 Å². The fourth-order valence-corrected chi connectivity index (χ4v) is 2.79. The van der Waals surface area contributed by atoms with Gasteiger partial charge in [0.25, 0.3) is 0 Å². The van der Waals surface area contributed by atoms with E-state index in [-0.39, 0.29) is 22.6 Å². The van der Waals surface area contributed by atoms with E-state index < -0.39 is 24.0 Å². The third-order valence-electron chi connectivity index (χ3n) is 3.79. The van der Waals surface area contributed by atoms with Gasteiger partial charge in [-0.3, -0.25) is 4.79 Å². The first-order valence-corrected chi connectivity index (χ1v) is 6.68. The summed E-state index contributed by atoms with van der Waals surface area (Å²) < 4.78 is 10.1. The highest BCUT2D eigenvalue weighted by Gasteiger charge is 2.40. The van der Waals surface area contributed by atoms with Crippen LogP contribution in [0.25, 0.3) is 0 Å². The number of benzene rings is 1. The van der Waals surface area contributed by atoms with E-state index in [2.05, 4.69) is 4.74 Å². The fourth-order valence-electron chi connectivity index (χ4n) is 2.79. The number of ether oxygens (including phenoxy) is 1. The SMILES string of the molecule is COC(=O)c1c(C(C)=O)oc2c1C(O)c1ccccc1C2O. The molecule has 2 atom stereocenters. The zero-order valence-corrected chi connectivity index (χ0v) is 12.0. The summed E-state index contributed by atoms with van der Waals surface area (Å²) in [6, 6.07) is 6.73. The van der Waals surface area contributed by atoms with Crippen LogP contribution in [0.15, 0.2) is 28.7 Å². The molecule has 2 aromatic rings. The summed E-state index contributed by atoms with van der Waals surface area (Å²) in [7, 11) is 1.17. The first-order chi connectivity index (χ1) is 10.5. The number of hydrogen-bond acceptors (Lipinski definition) is 6. The predicted molar refractivity (Wildman–Crippen MR) is 74.6 cm³/mol. The molecule has 2 unspecified atom stereocenters. The Bertz CT molecular complexity index is 773. The van der Waals surface area contributed by atoms with E-state index >= 15 is 0 Å². The minimum atomic E-state index is -1.18. The van der Waals surface area contributed by atoms with Crippen LogP contribution >= 0.6 is 0 Å². The van der Waals surface area contributed by atoms with Crippen molar-refractivity contribution >= 4 is 11.8 Å². The molecule has 1 aromatic carbocycles. The first kappa shape index (κ1) is 14.5. The maximum absolute atomic E-state index is 12.0. The predicted octanol–water partition coefficient (Wildman–Crippen LogP) is 1.75. The Morgan fingerprint density at radius 3 is 2.27 bits per heavy atom. The lowest BCUT2D eigenvalue weighted by atomic mass is 9.84. The molecule has 22 heavy (non-hydrogen) atoms. The second kappa shape index (κ2) is 5.08. The molecule has 1 heterocycles. The van der Waals surface area contributed by atoms with Gasteiger partial charge in [0.05, 0.1) is 7.11 Å². The average molecular weight is 302 g/mol. The third kappa shape index (κ3) is 1.88. The highest BCUT2D eigenvalue weighted by Crippen LogP contribution is 2.44. The average Bonchev–Trinajstić information content (AvgIpc) is 2.93. The number of carbonyl (C=O) groups is 2. The summed E-state index contributed by atoms with van der Waals surface area (Å²) in [6.07, 6.45) is -2.34. The smallest absolute Gasteiger partial charge is 0.342 e. The molecular weight excluding hydrogens is 288 g/mol. The number of Topliss-reactive ketones (excluding diaryl/α,β-unsaturated/α-hetero) is 1. The van der Waals surface area contributed by atoms with Gasteiger partial charge in [-0.05, 0) is 11.1 Å². The molecule has 1 aliphatic carbocycles.